The number of nitrogens with one attached hydrogen (secondary N) is 1. The molecule has 122 valence electrons. The molecule has 3 aromatic carbocycles. The van der Waals surface area contributed by atoms with E-state index in [2.05, 4.69) is 19.9 Å². The lowest BCUT2D eigenvalue weighted by molar-refractivity contribution is 0.0691. The van der Waals surface area contributed by atoms with Crippen LogP contribution in [0.5, 0.6) is 0 Å². The molecule has 0 aliphatic carbocycles. The highest BCUT2D eigenvalue weighted by molar-refractivity contribution is 6.09. The van der Waals surface area contributed by atoms with E-state index in [1.165, 1.54) is 0 Å². The number of nitrogens with zero attached hydrogens (tertiary/aromatic N) is 2. The number of aromatic nitrogens is 3. The Bertz CT molecular complexity index is 1160. The molecule has 6 nitrogen and oxygen atoms in total. The summed E-state index contributed by atoms with van der Waals surface area (Å²) in [4.78, 5) is 13.8. The van der Waals surface area contributed by atoms with Gasteiger partial charge < -0.3 is 10.1 Å². The van der Waals surface area contributed by atoms with E-state index in [9.17, 15) is 4.79 Å². The summed E-state index contributed by atoms with van der Waals surface area (Å²) in [5, 5.41) is 19.3. The third-order valence-electron chi connectivity index (χ3n) is 3.92. The smallest absolute Gasteiger partial charge is 0.352 e. The van der Waals surface area contributed by atoms with E-state index >= 15 is 0 Å². The predicted octanol–water partition coefficient (Wildman–Crippen LogP) is 4.24. The number of fused-ring (bicyclic) bond motifs is 4. The molecule has 2 heterocycles. The number of rotatable bonds is 1. The van der Waals surface area contributed by atoms with Crippen LogP contribution in [0, 0.1) is 0 Å². The van der Waals surface area contributed by atoms with E-state index in [-0.39, 0.29) is 5.69 Å². The first-order valence-electron chi connectivity index (χ1n) is 7.63. The molecule has 0 radical (unpaired) electrons. The maximum absolute atomic E-state index is 10.9. The molecule has 0 atom stereocenters. The van der Waals surface area contributed by atoms with Gasteiger partial charge in [0.15, 0.2) is 0 Å². The number of carboxylic acid groups (broad SMARTS) is 1. The average Bonchev–Trinajstić information content (AvgIpc) is 3.29. The van der Waals surface area contributed by atoms with E-state index in [4.69, 9.17) is 5.11 Å². The third-order valence-corrected chi connectivity index (χ3v) is 3.92. The number of aromatic carboxylic acids is 1. The van der Waals surface area contributed by atoms with Crippen LogP contribution < -0.4 is 0 Å². The standard InChI is InChI=1S/C13H9NO2.C6H4N2O/c15-13(16)12-7-10-9-4-2-1-3-8(9)5-6-11(10)14-12;1-2-4-6-5(3-1)7-9-8-6/h1-7,14H,(H,15,16);1-4H. The Kier molecular flexibility index (Phi) is 3.63. The van der Waals surface area contributed by atoms with Crippen LogP contribution in [0.3, 0.4) is 0 Å². The Morgan fingerprint density at radius 1 is 0.880 bits per heavy atom. The van der Waals surface area contributed by atoms with Crippen LogP contribution in [0.1, 0.15) is 10.5 Å². The average molecular weight is 331 g/mol. The van der Waals surface area contributed by atoms with Crippen molar-refractivity contribution >= 4 is 38.7 Å². The zero-order chi connectivity index (χ0) is 17.2. The first kappa shape index (κ1) is 14.9. The molecule has 5 aromatic rings. The normalized spacial score (nSPS) is 10.7. The lowest BCUT2D eigenvalue weighted by atomic mass is 10.1. The summed E-state index contributed by atoms with van der Waals surface area (Å²) in [5.41, 5.74) is 2.69. The van der Waals surface area contributed by atoms with Gasteiger partial charge in [-0.3, -0.25) is 0 Å². The fraction of sp³-hybridized carbons (Fsp3) is 0. The van der Waals surface area contributed by atoms with E-state index in [0.717, 1.165) is 32.7 Å². The van der Waals surface area contributed by atoms with Gasteiger partial charge in [-0.05, 0) is 45.4 Å². The molecule has 6 heteroatoms. The van der Waals surface area contributed by atoms with Crippen LogP contribution in [0.4, 0.5) is 0 Å². The van der Waals surface area contributed by atoms with Crippen molar-refractivity contribution in [1.82, 2.24) is 15.3 Å². The summed E-state index contributed by atoms with van der Waals surface area (Å²) in [5.74, 6) is -0.930. The summed E-state index contributed by atoms with van der Waals surface area (Å²) in [6.07, 6.45) is 0. The van der Waals surface area contributed by atoms with Crippen LogP contribution in [0.25, 0.3) is 32.7 Å². The highest BCUT2D eigenvalue weighted by Crippen LogP contribution is 2.25. The van der Waals surface area contributed by atoms with Crippen LogP contribution in [-0.2, 0) is 0 Å². The summed E-state index contributed by atoms with van der Waals surface area (Å²) >= 11 is 0. The molecule has 0 aliphatic rings. The van der Waals surface area contributed by atoms with Gasteiger partial charge in [0.25, 0.3) is 0 Å². The summed E-state index contributed by atoms with van der Waals surface area (Å²) < 4.78 is 4.46. The molecule has 0 spiro atoms. The second kappa shape index (κ2) is 6.09. The highest BCUT2D eigenvalue weighted by atomic mass is 16.6. The van der Waals surface area contributed by atoms with Gasteiger partial charge in [-0.15, -0.1) is 0 Å². The van der Waals surface area contributed by atoms with Crippen molar-refractivity contribution in [2.45, 2.75) is 0 Å². The molecular weight excluding hydrogens is 318 g/mol. The Hall–Kier alpha value is -3.67. The van der Waals surface area contributed by atoms with E-state index in [0.29, 0.717) is 0 Å². The molecule has 0 unspecified atom stereocenters. The Balaban J connectivity index is 0.000000147. The van der Waals surface area contributed by atoms with Crippen molar-refractivity contribution in [2.24, 2.45) is 0 Å². The molecule has 0 saturated carbocycles. The summed E-state index contributed by atoms with van der Waals surface area (Å²) in [7, 11) is 0. The number of hydrogen-bond donors (Lipinski definition) is 2. The molecule has 0 bridgehead atoms. The number of benzene rings is 3. The van der Waals surface area contributed by atoms with E-state index < -0.39 is 5.97 Å². The minimum absolute atomic E-state index is 0.228. The largest absolute Gasteiger partial charge is 0.477 e. The van der Waals surface area contributed by atoms with E-state index in [1.54, 1.807) is 6.07 Å². The zero-order valence-electron chi connectivity index (χ0n) is 13.0. The van der Waals surface area contributed by atoms with Gasteiger partial charge in [-0.2, -0.15) is 0 Å². The van der Waals surface area contributed by atoms with Gasteiger partial charge >= 0.3 is 5.97 Å². The molecule has 0 amide bonds. The van der Waals surface area contributed by atoms with Crippen LogP contribution in [0.15, 0.2) is 71.4 Å². The van der Waals surface area contributed by atoms with Crippen molar-refractivity contribution in [1.29, 1.82) is 0 Å². The molecule has 2 aromatic heterocycles. The summed E-state index contributed by atoms with van der Waals surface area (Å²) in [6, 6.07) is 21.0. The van der Waals surface area contributed by atoms with Gasteiger partial charge in [-0.1, -0.05) is 42.5 Å². The second-order valence-corrected chi connectivity index (χ2v) is 5.49. The molecule has 0 saturated heterocycles. The highest BCUT2D eigenvalue weighted by Gasteiger charge is 2.08. The number of H-pyrrole nitrogens is 1. The Morgan fingerprint density at radius 2 is 1.56 bits per heavy atom. The first-order chi connectivity index (χ1) is 12.2. The fourth-order valence-corrected chi connectivity index (χ4v) is 2.73. The van der Waals surface area contributed by atoms with Crippen LogP contribution in [0.2, 0.25) is 0 Å². The SMILES string of the molecule is O=C(O)c1cc2c(ccc3ccccc32)[nH]1.c1ccc2nonc2c1. The van der Waals surface area contributed by atoms with Crippen LogP contribution >= 0.6 is 0 Å². The topological polar surface area (TPSA) is 92.0 Å². The molecule has 25 heavy (non-hydrogen) atoms. The molecule has 2 N–H and O–H groups in total. The Morgan fingerprint density at radius 3 is 2.28 bits per heavy atom. The number of hydrogen-bond acceptors (Lipinski definition) is 4. The Labute approximate surface area is 141 Å². The van der Waals surface area contributed by atoms with Gasteiger partial charge in [0, 0.05) is 10.9 Å². The van der Waals surface area contributed by atoms with Crippen molar-refractivity contribution in [2.75, 3.05) is 0 Å². The van der Waals surface area contributed by atoms with Crippen molar-refractivity contribution in [3.63, 3.8) is 0 Å². The number of carboxylic acids is 1. The number of aromatic amines is 1. The maximum Gasteiger partial charge on any atom is 0.352 e. The van der Waals surface area contributed by atoms with Gasteiger partial charge in [0.1, 0.15) is 16.7 Å². The third kappa shape index (κ3) is 2.81. The molecule has 5 rings (SSSR count). The minimum atomic E-state index is -0.930. The predicted molar refractivity (Wildman–Crippen MR) is 94.6 cm³/mol. The lowest BCUT2D eigenvalue weighted by Crippen LogP contribution is -1.94. The lowest BCUT2D eigenvalue weighted by Gasteiger charge is -1.97. The second-order valence-electron chi connectivity index (χ2n) is 5.49. The maximum atomic E-state index is 10.9. The molecule has 0 fully saturated rings. The fourth-order valence-electron chi connectivity index (χ4n) is 2.73. The van der Waals surface area contributed by atoms with Crippen molar-refractivity contribution in [3.8, 4) is 0 Å². The van der Waals surface area contributed by atoms with Crippen LogP contribution in [-0.4, -0.2) is 26.4 Å². The zero-order valence-corrected chi connectivity index (χ0v) is 13.0. The minimum Gasteiger partial charge on any atom is -0.477 e. The van der Waals surface area contributed by atoms with Gasteiger partial charge in [0.05, 0.1) is 0 Å². The number of carbonyl (C=O) groups is 1. The first-order valence-corrected chi connectivity index (χ1v) is 7.63. The van der Waals surface area contributed by atoms with Gasteiger partial charge in [0.2, 0.25) is 0 Å². The van der Waals surface area contributed by atoms with E-state index in [1.807, 2.05) is 60.7 Å². The molecule has 0 aliphatic heterocycles. The summed E-state index contributed by atoms with van der Waals surface area (Å²) in [6.45, 7) is 0. The van der Waals surface area contributed by atoms with Crippen molar-refractivity contribution in [3.05, 3.63) is 72.4 Å². The molecular formula is C19H13N3O3. The van der Waals surface area contributed by atoms with Crippen molar-refractivity contribution < 1.29 is 14.5 Å². The quantitative estimate of drug-likeness (QED) is 0.479. The monoisotopic (exact) mass is 331 g/mol. The van der Waals surface area contributed by atoms with Gasteiger partial charge in [-0.25, -0.2) is 9.42 Å².